The highest BCUT2D eigenvalue weighted by atomic mass is 35.5. The van der Waals surface area contributed by atoms with E-state index in [0.717, 1.165) is 10.5 Å². The molecule has 1 aromatic rings. The van der Waals surface area contributed by atoms with Crippen molar-refractivity contribution in [2.45, 2.75) is 18.7 Å². The standard InChI is InChI=1S/C9H9ClOS/c1-6-3-4-8(5-9(6)10)12-7(2)11/h3-5H,1-2H3. The molecule has 0 aromatic heterocycles. The number of halogens is 1. The van der Waals surface area contributed by atoms with Crippen molar-refractivity contribution in [3.05, 3.63) is 28.8 Å². The molecule has 0 atom stereocenters. The predicted octanol–water partition coefficient (Wildman–Crippen LogP) is 3.29. The third-order valence-electron chi connectivity index (χ3n) is 1.40. The maximum Gasteiger partial charge on any atom is 0.190 e. The molecule has 64 valence electrons. The molecule has 3 heteroatoms. The summed E-state index contributed by atoms with van der Waals surface area (Å²) in [5.41, 5.74) is 1.03. The maximum atomic E-state index is 10.7. The van der Waals surface area contributed by atoms with Gasteiger partial charge in [0.1, 0.15) is 0 Å². The number of rotatable bonds is 1. The second-order valence-electron chi connectivity index (χ2n) is 2.50. The molecule has 1 rings (SSSR count). The lowest BCUT2D eigenvalue weighted by atomic mass is 10.2. The average molecular weight is 201 g/mol. The van der Waals surface area contributed by atoms with Gasteiger partial charge in [0, 0.05) is 16.8 Å². The van der Waals surface area contributed by atoms with Gasteiger partial charge in [0.2, 0.25) is 0 Å². The van der Waals surface area contributed by atoms with Gasteiger partial charge in [-0.05, 0) is 24.6 Å². The summed E-state index contributed by atoms with van der Waals surface area (Å²) in [4.78, 5) is 11.6. The van der Waals surface area contributed by atoms with Crippen molar-refractivity contribution < 1.29 is 4.79 Å². The van der Waals surface area contributed by atoms with Crippen LogP contribution in [0.15, 0.2) is 23.1 Å². The summed E-state index contributed by atoms with van der Waals surface area (Å²) in [6.07, 6.45) is 0. The first-order valence-electron chi connectivity index (χ1n) is 3.54. The van der Waals surface area contributed by atoms with Crippen LogP contribution in [0.2, 0.25) is 5.02 Å². The summed E-state index contributed by atoms with van der Waals surface area (Å²) in [7, 11) is 0. The molecule has 0 N–H and O–H groups in total. The lowest BCUT2D eigenvalue weighted by Crippen LogP contribution is -1.82. The van der Waals surface area contributed by atoms with Crippen LogP contribution in [-0.2, 0) is 4.79 Å². The molecule has 0 saturated heterocycles. The van der Waals surface area contributed by atoms with Crippen molar-refractivity contribution in [3.63, 3.8) is 0 Å². The molecule has 0 fully saturated rings. The molecule has 1 nitrogen and oxygen atoms in total. The van der Waals surface area contributed by atoms with Crippen molar-refractivity contribution in [2.24, 2.45) is 0 Å². The van der Waals surface area contributed by atoms with Gasteiger partial charge in [-0.3, -0.25) is 4.79 Å². The lowest BCUT2D eigenvalue weighted by molar-refractivity contribution is -0.109. The minimum absolute atomic E-state index is 0.0786. The minimum atomic E-state index is 0.0786. The van der Waals surface area contributed by atoms with E-state index in [9.17, 15) is 4.79 Å². The highest BCUT2D eigenvalue weighted by Gasteiger charge is 2.00. The fraction of sp³-hybridized carbons (Fsp3) is 0.222. The minimum Gasteiger partial charge on any atom is -0.287 e. The first-order valence-corrected chi connectivity index (χ1v) is 4.73. The Balaban J connectivity index is 2.89. The molecule has 0 aliphatic rings. The van der Waals surface area contributed by atoms with Gasteiger partial charge in [-0.25, -0.2) is 0 Å². The van der Waals surface area contributed by atoms with Crippen LogP contribution < -0.4 is 0 Å². The van der Waals surface area contributed by atoms with Crippen molar-refractivity contribution in [2.75, 3.05) is 0 Å². The summed E-state index contributed by atoms with van der Waals surface area (Å²) in [6.45, 7) is 3.48. The fourth-order valence-electron chi connectivity index (χ4n) is 0.803. The monoisotopic (exact) mass is 200 g/mol. The fourth-order valence-corrected chi connectivity index (χ4v) is 1.69. The van der Waals surface area contributed by atoms with Crippen LogP contribution in [0.4, 0.5) is 0 Å². The third-order valence-corrected chi connectivity index (χ3v) is 2.59. The Kier molecular flexibility index (Phi) is 3.18. The summed E-state index contributed by atoms with van der Waals surface area (Å²) in [6, 6.07) is 5.61. The van der Waals surface area contributed by atoms with Crippen LogP contribution in [0.1, 0.15) is 12.5 Å². The largest absolute Gasteiger partial charge is 0.287 e. The Hall–Kier alpha value is -0.470. The first kappa shape index (κ1) is 9.62. The van der Waals surface area contributed by atoms with E-state index >= 15 is 0 Å². The topological polar surface area (TPSA) is 17.1 Å². The highest BCUT2D eigenvalue weighted by molar-refractivity contribution is 8.13. The molecule has 0 unspecified atom stereocenters. The van der Waals surface area contributed by atoms with Crippen molar-refractivity contribution in [3.8, 4) is 0 Å². The molecule has 1 aromatic carbocycles. The van der Waals surface area contributed by atoms with E-state index in [1.54, 1.807) is 6.92 Å². The molecule has 0 radical (unpaired) electrons. The van der Waals surface area contributed by atoms with Crippen molar-refractivity contribution >= 4 is 28.5 Å². The molecule has 0 saturated carbocycles. The molecule has 0 heterocycles. The van der Waals surface area contributed by atoms with Crippen molar-refractivity contribution in [1.29, 1.82) is 0 Å². The van der Waals surface area contributed by atoms with Gasteiger partial charge in [0.25, 0.3) is 0 Å². The number of carbonyl (C=O) groups is 1. The van der Waals surface area contributed by atoms with Gasteiger partial charge in [-0.1, -0.05) is 29.4 Å². The number of benzene rings is 1. The molecular formula is C9H9ClOS. The summed E-state index contributed by atoms with van der Waals surface area (Å²) < 4.78 is 0. The number of hydrogen-bond donors (Lipinski definition) is 0. The van der Waals surface area contributed by atoms with Crippen LogP contribution in [0, 0.1) is 6.92 Å². The normalized spacial score (nSPS) is 9.92. The van der Waals surface area contributed by atoms with Gasteiger partial charge in [0.05, 0.1) is 0 Å². The van der Waals surface area contributed by atoms with Gasteiger partial charge < -0.3 is 0 Å². The Bertz CT molecular complexity index is 309. The number of aryl methyl sites for hydroxylation is 1. The molecule has 0 aliphatic heterocycles. The second kappa shape index (κ2) is 3.97. The second-order valence-corrected chi connectivity index (χ2v) is 4.16. The Morgan fingerprint density at radius 1 is 1.50 bits per heavy atom. The molecule has 0 spiro atoms. The van der Waals surface area contributed by atoms with E-state index in [4.69, 9.17) is 11.6 Å². The van der Waals surface area contributed by atoms with Crippen molar-refractivity contribution in [1.82, 2.24) is 0 Å². The van der Waals surface area contributed by atoms with Crippen LogP contribution in [0.5, 0.6) is 0 Å². The van der Waals surface area contributed by atoms with Crippen LogP contribution >= 0.6 is 23.4 Å². The smallest absolute Gasteiger partial charge is 0.190 e. The average Bonchev–Trinajstić information content (AvgIpc) is 1.96. The molecule has 0 bridgehead atoms. The van der Waals surface area contributed by atoms with Gasteiger partial charge in [-0.2, -0.15) is 0 Å². The molecule has 0 aliphatic carbocycles. The highest BCUT2D eigenvalue weighted by Crippen LogP contribution is 2.24. The lowest BCUT2D eigenvalue weighted by Gasteiger charge is -2.00. The zero-order valence-corrected chi connectivity index (χ0v) is 8.50. The maximum absolute atomic E-state index is 10.7. The quantitative estimate of drug-likeness (QED) is 0.648. The summed E-state index contributed by atoms with van der Waals surface area (Å²) in [5.74, 6) is 0. The van der Waals surface area contributed by atoms with E-state index in [2.05, 4.69) is 0 Å². The van der Waals surface area contributed by atoms with Gasteiger partial charge in [-0.15, -0.1) is 0 Å². The Morgan fingerprint density at radius 3 is 2.67 bits per heavy atom. The van der Waals surface area contributed by atoms with E-state index < -0.39 is 0 Å². The molecule has 0 amide bonds. The van der Waals surface area contributed by atoms with Crippen LogP contribution in [-0.4, -0.2) is 5.12 Å². The SMILES string of the molecule is CC(=O)Sc1ccc(C)c(Cl)c1. The van der Waals surface area contributed by atoms with Crippen LogP contribution in [0.3, 0.4) is 0 Å². The van der Waals surface area contributed by atoms with E-state index in [1.165, 1.54) is 11.8 Å². The number of carbonyl (C=O) groups excluding carboxylic acids is 1. The molecular weight excluding hydrogens is 192 g/mol. The van der Waals surface area contributed by atoms with Gasteiger partial charge >= 0.3 is 0 Å². The Labute approximate surface area is 81.1 Å². The zero-order valence-electron chi connectivity index (χ0n) is 6.93. The van der Waals surface area contributed by atoms with Gasteiger partial charge in [0.15, 0.2) is 5.12 Å². The van der Waals surface area contributed by atoms with E-state index in [1.807, 2.05) is 25.1 Å². The summed E-state index contributed by atoms with van der Waals surface area (Å²) in [5, 5.41) is 0.788. The van der Waals surface area contributed by atoms with E-state index in [0.29, 0.717) is 5.02 Å². The number of hydrogen-bond acceptors (Lipinski definition) is 2. The predicted molar refractivity (Wildman–Crippen MR) is 52.7 cm³/mol. The zero-order chi connectivity index (χ0) is 9.14. The molecule has 12 heavy (non-hydrogen) atoms. The summed E-state index contributed by atoms with van der Waals surface area (Å²) >= 11 is 7.07. The van der Waals surface area contributed by atoms with Crippen LogP contribution in [0.25, 0.3) is 0 Å². The first-order chi connectivity index (χ1) is 5.59. The number of thioether (sulfide) groups is 1. The van der Waals surface area contributed by atoms with E-state index in [-0.39, 0.29) is 5.12 Å². The Morgan fingerprint density at radius 2 is 2.17 bits per heavy atom. The third kappa shape index (κ3) is 2.54.